The Kier molecular flexibility index (Phi) is 5.16. The number of thiazole rings is 1. The van der Waals surface area contributed by atoms with Crippen LogP contribution in [0.5, 0.6) is 5.75 Å². The molecule has 3 aromatic heterocycles. The lowest BCUT2D eigenvalue weighted by atomic mass is 10.2. The SMILES string of the molecule is Cc1nc(COc2ccc(C(=O)OCc3nnc(-c4ccco4)o3)cc2)cs1. The standard InChI is InChI=1S/C19H15N3O5S/c1-12-20-14(11-28-12)9-25-15-6-4-13(5-7-15)19(23)26-10-17-21-22-18(27-17)16-3-2-8-24-16/h2-8,11H,9-10H2,1H3. The summed E-state index contributed by atoms with van der Waals surface area (Å²) >= 11 is 1.58. The highest BCUT2D eigenvalue weighted by atomic mass is 32.1. The Morgan fingerprint density at radius 2 is 2.00 bits per heavy atom. The van der Waals surface area contributed by atoms with E-state index in [-0.39, 0.29) is 18.4 Å². The fraction of sp³-hybridized carbons (Fsp3) is 0.158. The molecule has 0 amide bonds. The lowest BCUT2D eigenvalue weighted by molar-refractivity contribution is 0.0438. The fourth-order valence-corrected chi connectivity index (χ4v) is 2.94. The number of hydrogen-bond acceptors (Lipinski definition) is 9. The molecule has 9 heteroatoms. The summed E-state index contributed by atoms with van der Waals surface area (Å²) in [6.07, 6.45) is 1.50. The number of hydrogen-bond donors (Lipinski definition) is 0. The first kappa shape index (κ1) is 17.9. The second-order valence-electron chi connectivity index (χ2n) is 5.73. The van der Waals surface area contributed by atoms with Gasteiger partial charge in [0.2, 0.25) is 0 Å². The van der Waals surface area contributed by atoms with Crippen molar-refractivity contribution >= 4 is 17.3 Å². The summed E-state index contributed by atoms with van der Waals surface area (Å²) in [7, 11) is 0. The number of aromatic nitrogens is 3. The van der Waals surface area contributed by atoms with Crippen molar-refractivity contribution in [2.24, 2.45) is 0 Å². The van der Waals surface area contributed by atoms with Gasteiger partial charge in [-0.2, -0.15) is 0 Å². The van der Waals surface area contributed by atoms with E-state index in [9.17, 15) is 4.79 Å². The third-order valence-electron chi connectivity index (χ3n) is 3.67. The monoisotopic (exact) mass is 397 g/mol. The van der Waals surface area contributed by atoms with Gasteiger partial charge in [-0.25, -0.2) is 9.78 Å². The molecule has 0 fully saturated rings. The van der Waals surface area contributed by atoms with Gasteiger partial charge in [-0.15, -0.1) is 21.5 Å². The molecular formula is C19H15N3O5S. The summed E-state index contributed by atoms with van der Waals surface area (Å²) in [5, 5.41) is 10.6. The van der Waals surface area contributed by atoms with Crippen LogP contribution in [0.3, 0.4) is 0 Å². The quantitative estimate of drug-likeness (QED) is 0.431. The number of nitrogens with zero attached hydrogens (tertiary/aromatic N) is 3. The maximum atomic E-state index is 12.2. The first-order valence-corrected chi connectivity index (χ1v) is 9.22. The van der Waals surface area contributed by atoms with Crippen molar-refractivity contribution in [3.63, 3.8) is 0 Å². The van der Waals surface area contributed by atoms with Crippen molar-refractivity contribution in [1.82, 2.24) is 15.2 Å². The first-order valence-electron chi connectivity index (χ1n) is 8.34. The number of aryl methyl sites for hydroxylation is 1. The Morgan fingerprint density at radius 3 is 2.71 bits per heavy atom. The Hall–Kier alpha value is -3.46. The fourth-order valence-electron chi connectivity index (χ4n) is 2.34. The van der Waals surface area contributed by atoms with Gasteiger partial charge in [0, 0.05) is 5.38 Å². The minimum Gasteiger partial charge on any atom is -0.487 e. The van der Waals surface area contributed by atoms with Crippen LogP contribution in [0.4, 0.5) is 0 Å². The number of carbonyl (C=O) groups is 1. The minimum absolute atomic E-state index is 0.131. The molecule has 3 heterocycles. The normalized spacial score (nSPS) is 10.8. The van der Waals surface area contributed by atoms with Crippen LogP contribution in [0, 0.1) is 6.92 Å². The molecule has 0 saturated heterocycles. The number of benzene rings is 1. The summed E-state index contributed by atoms with van der Waals surface area (Å²) in [6, 6.07) is 10.1. The molecule has 8 nitrogen and oxygen atoms in total. The lowest BCUT2D eigenvalue weighted by Gasteiger charge is -2.06. The van der Waals surface area contributed by atoms with Gasteiger partial charge in [-0.1, -0.05) is 0 Å². The molecule has 0 aliphatic heterocycles. The summed E-state index contributed by atoms with van der Waals surface area (Å²) in [6.45, 7) is 2.19. The second-order valence-corrected chi connectivity index (χ2v) is 6.79. The van der Waals surface area contributed by atoms with E-state index in [4.69, 9.17) is 18.3 Å². The average Bonchev–Trinajstić information content (AvgIpc) is 3.46. The molecule has 0 atom stereocenters. The molecule has 0 N–H and O–H groups in total. The van der Waals surface area contributed by atoms with Gasteiger partial charge in [0.15, 0.2) is 12.4 Å². The van der Waals surface area contributed by atoms with Gasteiger partial charge in [0.1, 0.15) is 12.4 Å². The zero-order chi connectivity index (χ0) is 19.3. The summed E-state index contributed by atoms with van der Waals surface area (Å²) < 4.78 is 21.4. The van der Waals surface area contributed by atoms with Crippen molar-refractivity contribution in [2.75, 3.05) is 0 Å². The predicted molar refractivity (Wildman–Crippen MR) is 98.7 cm³/mol. The topological polar surface area (TPSA) is 100 Å². The van der Waals surface area contributed by atoms with E-state index in [2.05, 4.69) is 15.2 Å². The zero-order valence-electron chi connectivity index (χ0n) is 14.8. The van der Waals surface area contributed by atoms with Gasteiger partial charge in [-0.3, -0.25) is 0 Å². The highest BCUT2D eigenvalue weighted by Gasteiger charge is 2.14. The molecule has 0 bridgehead atoms. The Balaban J connectivity index is 1.30. The van der Waals surface area contributed by atoms with Crippen LogP contribution in [-0.4, -0.2) is 21.2 Å². The van der Waals surface area contributed by atoms with E-state index < -0.39 is 5.97 Å². The third kappa shape index (κ3) is 4.26. The lowest BCUT2D eigenvalue weighted by Crippen LogP contribution is -2.05. The largest absolute Gasteiger partial charge is 0.487 e. The van der Waals surface area contributed by atoms with Crippen LogP contribution >= 0.6 is 11.3 Å². The highest BCUT2D eigenvalue weighted by molar-refractivity contribution is 7.09. The molecule has 0 aliphatic rings. The highest BCUT2D eigenvalue weighted by Crippen LogP contribution is 2.19. The Bertz CT molecular complexity index is 1050. The third-order valence-corrected chi connectivity index (χ3v) is 4.49. The molecule has 0 unspecified atom stereocenters. The number of esters is 1. The molecular weight excluding hydrogens is 382 g/mol. The first-order chi connectivity index (χ1) is 13.7. The van der Waals surface area contributed by atoms with Gasteiger partial charge >= 0.3 is 5.97 Å². The average molecular weight is 397 g/mol. The van der Waals surface area contributed by atoms with Crippen LogP contribution < -0.4 is 4.74 Å². The maximum absolute atomic E-state index is 12.2. The Labute approximate surface area is 163 Å². The number of ether oxygens (including phenoxy) is 2. The van der Waals surface area contributed by atoms with Gasteiger partial charge in [0.05, 0.1) is 22.5 Å². The van der Waals surface area contributed by atoms with Crippen LogP contribution in [0.2, 0.25) is 0 Å². The molecule has 142 valence electrons. The van der Waals surface area contributed by atoms with Gasteiger partial charge < -0.3 is 18.3 Å². The molecule has 1 aromatic carbocycles. The molecule has 0 spiro atoms. The summed E-state index contributed by atoms with van der Waals surface area (Å²) in [5.74, 6) is 1.00. The molecule has 4 rings (SSSR count). The zero-order valence-corrected chi connectivity index (χ0v) is 15.6. The van der Waals surface area contributed by atoms with Crippen molar-refractivity contribution in [3.05, 3.63) is 70.2 Å². The van der Waals surface area contributed by atoms with E-state index in [1.165, 1.54) is 6.26 Å². The number of rotatable bonds is 7. The van der Waals surface area contributed by atoms with Crippen LogP contribution in [0.1, 0.15) is 27.0 Å². The molecule has 0 saturated carbocycles. The van der Waals surface area contributed by atoms with Crippen LogP contribution in [-0.2, 0) is 18.0 Å². The second kappa shape index (κ2) is 8.05. The molecule has 0 radical (unpaired) electrons. The van der Waals surface area contributed by atoms with E-state index in [0.717, 1.165) is 10.7 Å². The molecule has 0 aliphatic carbocycles. The maximum Gasteiger partial charge on any atom is 0.338 e. The van der Waals surface area contributed by atoms with Gasteiger partial charge in [0.25, 0.3) is 11.8 Å². The Morgan fingerprint density at radius 1 is 1.14 bits per heavy atom. The predicted octanol–water partition coefficient (Wildman–Crippen LogP) is 4.03. The number of furan rings is 1. The summed E-state index contributed by atoms with van der Waals surface area (Å²) in [4.78, 5) is 16.5. The van der Waals surface area contributed by atoms with E-state index in [0.29, 0.717) is 23.7 Å². The van der Waals surface area contributed by atoms with Crippen LogP contribution in [0.15, 0.2) is 56.9 Å². The minimum atomic E-state index is -0.501. The van der Waals surface area contributed by atoms with Crippen molar-refractivity contribution in [2.45, 2.75) is 20.1 Å². The van der Waals surface area contributed by atoms with E-state index >= 15 is 0 Å². The van der Waals surface area contributed by atoms with Crippen molar-refractivity contribution in [1.29, 1.82) is 0 Å². The van der Waals surface area contributed by atoms with Gasteiger partial charge in [-0.05, 0) is 43.3 Å². The molecule has 28 heavy (non-hydrogen) atoms. The van der Waals surface area contributed by atoms with Crippen molar-refractivity contribution in [3.8, 4) is 17.4 Å². The molecule has 4 aromatic rings. The number of carbonyl (C=O) groups excluding carboxylic acids is 1. The van der Waals surface area contributed by atoms with Crippen molar-refractivity contribution < 1.29 is 23.1 Å². The van der Waals surface area contributed by atoms with E-state index in [1.807, 2.05) is 12.3 Å². The van der Waals surface area contributed by atoms with Crippen LogP contribution in [0.25, 0.3) is 11.7 Å². The smallest absolute Gasteiger partial charge is 0.338 e. The summed E-state index contributed by atoms with van der Waals surface area (Å²) in [5.41, 5.74) is 1.27. The van der Waals surface area contributed by atoms with E-state index in [1.54, 1.807) is 47.7 Å².